The standard InChI is InChI=1S/2C7H7NO4.Cu/c2*9-5(10)7(6(11)12)1-3-8-4-2-7;/h2*1,3-4H,2H2,(H,9,10)(H,11,12);. The van der Waals surface area contributed by atoms with Gasteiger partial charge in [0, 0.05) is 54.7 Å². The molecule has 0 atom stereocenters. The fraction of sp³-hybridized carbons (Fsp3) is 0.286. The van der Waals surface area contributed by atoms with Crippen molar-refractivity contribution in [3.05, 3.63) is 24.6 Å². The van der Waals surface area contributed by atoms with Crippen molar-refractivity contribution < 1.29 is 56.7 Å². The molecule has 0 aromatic carbocycles. The van der Waals surface area contributed by atoms with Crippen LogP contribution in [0.5, 0.6) is 0 Å². The molecule has 1 radical (unpaired) electrons. The fourth-order valence-electron chi connectivity index (χ4n) is 1.81. The number of hydrogen-bond acceptors (Lipinski definition) is 6. The van der Waals surface area contributed by atoms with E-state index in [1.807, 2.05) is 0 Å². The normalized spacial score (nSPS) is 18.2. The van der Waals surface area contributed by atoms with Crippen molar-refractivity contribution in [2.75, 3.05) is 0 Å². The van der Waals surface area contributed by atoms with Gasteiger partial charge in [0.2, 0.25) is 0 Å². The molecule has 0 aromatic rings. The summed E-state index contributed by atoms with van der Waals surface area (Å²) in [5.74, 6) is -5.45. The van der Waals surface area contributed by atoms with Gasteiger partial charge in [0.25, 0.3) is 0 Å². The predicted octanol–water partition coefficient (Wildman–Crippen LogP) is 0.258. The Morgan fingerprint density at radius 2 is 0.960 bits per heavy atom. The van der Waals surface area contributed by atoms with E-state index in [0.29, 0.717) is 0 Å². The SMILES string of the molecule is O=C(O)C1(C(=O)O)C=CN=CC1.O=C(O)C1(C(=O)O)C=CN=CC1.[Cu]. The molecule has 0 aromatic heterocycles. The molecule has 0 aliphatic carbocycles. The third-order valence-corrected chi connectivity index (χ3v) is 3.45. The van der Waals surface area contributed by atoms with Crippen molar-refractivity contribution in [3.8, 4) is 0 Å². The molecule has 0 saturated heterocycles. The van der Waals surface area contributed by atoms with Gasteiger partial charge in [-0.2, -0.15) is 0 Å². The number of rotatable bonds is 4. The van der Waals surface area contributed by atoms with Crippen molar-refractivity contribution in [1.29, 1.82) is 0 Å². The van der Waals surface area contributed by atoms with E-state index in [0.717, 1.165) is 12.2 Å². The number of carboxylic acid groups (broad SMARTS) is 4. The molecular formula is C14H14CuN2O8. The zero-order valence-electron chi connectivity index (χ0n) is 12.5. The zero-order chi connectivity index (χ0) is 18.4. The topological polar surface area (TPSA) is 174 Å². The molecule has 0 unspecified atom stereocenters. The fourth-order valence-corrected chi connectivity index (χ4v) is 1.81. The summed E-state index contributed by atoms with van der Waals surface area (Å²) in [6, 6.07) is 0. The minimum Gasteiger partial charge on any atom is -0.480 e. The quantitative estimate of drug-likeness (QED) is 0.383. The van der Waals surface area contributed by atoms with Crippen molar-refractivity contribution >= 4 is 36.3 Å². The number of aliphatic carboxylic acids is 4. The molecule has 25 heavy (non-hydrogen) atoms. The van der Waals surface area contributed by atoms with Crippen molar-refractivity contribution in [2.24, 2.45) is 20.8 Å². The van der Waals surface area contributed by atoms with E-state index in [9.17, 15) is 19.2 Å². The summed E-state index contributed by atoms with van der Waals surface area (Å²) in [6.07, 6.45) is 6.89. The third-order valence-electron chi connectivity index (χ3n) is 3.45. The zero-order valence-corrected chi connectivity index (χ0v) is 13.4. The Hall–Kier alpha value is -2.78. The van der Waals surface area contributed by atoms with Crippen LogP contribution in [0.3, 0.4) is 0 Å². The van der Waals surface area contributed by atoms with Gasteiger partial charge in [-0.1, -0.05) is 0 Å². The first-order valence-electron chi connectivity index (χ1n) is 6.51. The van der Waals surface area contributed by atoms with Gasteiger partial charge in [-0.25, -0.2) is 0 Å². The molecule has 0 spiro atoms. The molecule has 0 amide bonds. The minimum absolute atomic E-state index is 0. The van der Waals surface area contributed by atoms with Gasteiger partial charge >= 0.3 is 23.9 Å². The Labute approximate surface area is 151 Å². The Balaban J connectivity index is 0.000000443. The van der Waals surface area contributed by atoms with Gasteiger partial charge < -0.3 is 20.4 Å². The van der Waals surface area contributed by atoms with Gasteiger partial charge in [0.05, 0.1) is 0 Å². The van der Waals surface area contributed by atoms with Crippen LogP contribution in [0.25, 0.3) is 0 Å². The summed E-state index contributed by atoms with van der Waals surface area (Å²) in [5, 5.41) is 34.7. The molecule has 10 nitrogen and oxygen atoms in total. The number of hydrogen-bond donors (Lipinski definition) is 4. The van der Waals surface area contributed by atoms with E-state index >= 15 is 0 Å². The van der Waals surface area contributed by atoms with E-state index in [1.54, 1.807) is 0 Å². The van der Waals surface area contributed by atoms with Gasteiger partial charge in [-0.15, -0.1) is 0 Å². The molecule has 2 rings (SSSR count). The summed E-state index contributed by atoms with van der Waals surface area (Å²) in [4.78, 5) is 49.7. The van der Waals surface area contributed by atoms with Crippen molar-refractivity contribution in [1.82, 2.24) is 0 Å². The Morgan fingerprint density at radius 3 is 1.08 bits per heavy atom. The maximum absolute atomic E-state index is 10.6. The molecule has 4 N–H and O–H groups in total. The van der Waals surface area contributed by atoms with Crippen LogP contribution >= 0.6 is 0 Å². The average molecular weight is 402 g/mol. The second-order valence-electron chi connectivity index (χ2n) is 4.87. The van der Waals surface area contributed by atoms with Crippen LogP contribution in [0.2, 0.25) is 0 Å². The van der Waals surface area contributed by atoms with Crippen LogP contribution in [0, 0.1) is 10.8 Å². The van der Waals surface area contributed by atoms with Crippen LogP contribution < -0.4 is 0 Å². The first kappa shape index (κ1) is 22.2. The molecule has 0 bridgehead atoms. The van der Waals surface area contributed by atoms with E-state index < -0.39 is 34.7 Å². The van der Waals surface area contributed by atoms with Crippen LogP contribution in [-0.4, -0.2) is 56.7 Å². The molecule has 0 saturated carbocycles. The molecule has 2 aliphatic rings. The molecule has 0 fully saturated rings. The molecule has 2 heterocycles. The smallest absolute Gasteiger partial charge is 0.325 e. The summed E-state index contributed by atoms with van der Waals surface area (Å²) < 4.78 is 0. The maximum Gasteiger partial charge on any atom is 0.325 e. The monoisotopic (exact) mass is 401 g/mol. The largest absolute Gasteiger partial charge is 0.480 e. The Bertz CT molecular complexity index is 594. The number of carboxylic acids is 4. The summed E-state index contributed by atoms with van der Waals surface area (Å²) in [7, 11) is 0. The van der Waals surface area contributed by atoms with E-state index in [4.69, 9.17) is 20.4 Å². The number of nitrogens with zero attached hydrogens (tertiary/aromatic N) is 2. The molecule has 11 heteroatoms. The van der Waals surface area contributed by atoms with Crippen LogP contribution in [0.15, 0.2) is 34.5 Å². The molecular weight excluding hydrogens is 388 g/mol. The van der Waals surface area contributed by atoms with Crippen LogP contribution in [0.1, 0.15) is 12.8 Å². The number of carbonyl (C=O) groups is 4. The first-order chi connectivity index (χ1) is 11.2. The molecule has 2 aliphatic heterocycles. The van der Waals surface area contributed by atoms with Crippen LogP contribution in [-0.2, 0) is 36.2 Å². The van der Waals surface area contributed by atoms with E-state index in [1.165, 1.54) is 24.8 Å². The minimum atomic E-state index is -1.82. The maximum atomic E-state index is 10.6. The Kier molecular flexibility index (Phi) is 7.91. The van der Waals surface area contributed by atoms with E-state index in [2.05, 4.69) is 9.98 Å². The van der Waals surface area contributed by atoms with Gasteiger partial charge in [-0.05, 0) is 12.2 Å². The van der Waals surface area contributed by atoms with E-state index in [-0.39, 0.29) is 29.9 Å². The average Bonchev–Trinajstić information content (AvgIpc) is 2.56. The summed E-state index contributed by atoms with van der Waals surface area (Å²) in [6.45, 7) is 0. The summed E-state index contributed by atoms with van der Waals surface area (Å²) >= 11 is 0. The second-order valence-corrected chi connectivity index (χ2v) is 4.87. The van der Waals surface area contributed by atoms with Crippen molar-refractivity contribution in [3.63, 3.8) is 0 Å². The van der Waals surface area contributed by atoms with Gasteiger partial charge in [-0.3, -0.25) is 29.2 Å². The van der Waals surface area contributed by atoms with Gasteiger partial charge in [0.15, 0.2) is 10.8 Å². The van der Waals surface area contributed by atoms with Gasteiger partial charge in [0.1, 0.15) is 0 Å². The summed E-state index contributed by atoms with van der Waals surface area (Å²) in [5.41, 5.74) is -3.64. The molecule has 139 valence electrons. The third kappa shape index (κ3) is 4.61. The van der Waals surface area contributed by atoms with Crippen molar-refractivity contribution in [2.45, 2.75) is 12.8 Å². The first-order valence-corrected chi connectivity index (χ1v) is 6.51. The van der Waals surface area contributed by atoms with Crippen LogP contribution in [0.4, 0.5) is 0 Å². The Morgan fingerprint density at radius 1 is 0.680 bits per heavy atom. The number of aliphatic imine (C=N–C) groups is 2. The second kappa shape index (κ2) is 8.90. The predicted molar refractivity (Wildman–Crippen MR) is 79.9 cm³/mol.